The highest BCUT2D eigenvalue weighted by Gasteiger charge is 2.31. The summed E-state index contributed by atoms with van der Waals surface area (Å²) in [6.07, 6.45) is 5.89. The number of benzene rings is 1. The number of ether oxygens (including phenoxy) is 1. The summed E-state index contributed by atoms with van der Waals surface area (Å²) < 4.78 is 6.14. The van der Waals surface area contributed by atoms with Gasteiger partial charge in [0.15, 0.2) is 0 Å². The van der Waals surface area contributed by atoms with Gasteiger partial charge in [0.25, 0.3) is 0 Å². The normalized spacial score (nSPS) is 23.5. The number of nitrogens with zero attached hydrogens (tertiary/aromatic N) is 1. The first-order chi connectivity index (χ1) is 10.3. The number of nitrogens with one attached hydrogen (secondary N) is 1. The molecule has 0 bridgehead atoms. The maximum absolute atomic E-state index is 6.14. The van der Waals surface area contributed by atoms with Gasteiger partial charge in [-0.1, -0.05) is 25.1 Å². The van der Waals surface area contributed by atoms with Gasteiger partial charge in [-0.05, 0) is 50.4 Å². The number of hydrogen-bond donors (Lipinski definition) is 1. The molecule has 1 aliphatic heterocycles. The molecule has 0 amide bonds. The lowest BCUT2D eigenvalue weighted by atomic mass is 9.95. The van der Waals surface area contributed by atoms with Crippen molar-refractivity contribution in [3.8, 4) is 0 Å². The van der Waals surface area contributed by atoms with Crippen LogP contribution >= 0.6 is 0 Å². The summed E-state index contributed by atoms with van der Waals surface area (Å²) in [5, 5.41) is 4.92. The van der Waals surface area contributed by atoms with Crippen molar-refractivity contribution in [3.63, 3.8) is 0 Å². The summed E-state index contributed by atoms with van der Waals surface area (Å²) in [5.74, 6) is 0. The first-order valence-electron chi connectivity index (χ1n) is 8.02. The predicted octanol–water partition coefficient (Wildman–Crippen LogP) is 3.84. The van der Waals surface area contributed by atoms with Crippen molar-refractivity contribution < 1.29 is 4.74 Å². The van der Waals surface area contributed by atoms with Crippen LogP contribution in [0.25, 0.3) is 10.9 Å². The molecule has 3 unspecified atom stereocenters. The second-order valence-corrected chi connectivity index (χ2v) is 5.91. The van der Waals surface area contributed by atoms with E-state index in [1.165, 1.54) is 10.9 Å². The molecule has 1 saturated heterocycles. The van der Waals surface area contributed by atoms with Crippen LogP contribution in [0.2, 0.25) is 0 Å². The van der Waals surface area contributed by atoms with Gasteiger partial charge in [0.05, 0.1) is 23.8 Å². The molecule has 112 valence electrons. The summed E-state index contributed by atoms with van der Waals surface area (Å²) in [6, 6.07) is 10.8. The van der Waals surface area contributed by atoms with Gasteiger partial charge in [-0.25, -0.2) is 0 Å². The van der Waals surface area contributed by atoms with Gasteiger partial charge in [-0.15, -0.1) is 0 Å². The van der Waals surface area contributed by atoms with Gasteiger partial charge in [0.2, 0.25) is 0 Å². The van der Waals surface area contributed by atoms with E-state index in [1.807, 2.05) is 12.3 Å². The number of fused-ring (bicyclic) bond motifs is 1. The van der Waals surface area contributed by atoms with Crippen molar-refractivity contribution in [3.05, 3.63) is 42.1 Å². The van der Waals surface area contributed by atoms with Gasteiger partial charge < -0.3 is 10.1 Å². The average Bonchev–Trinajstić information content (AvgIpc) is 2.94. The highest BCUT2D eigenvalue weighted by atomic mass is 16.5. The highest BCUT2D eigenvalue weighted by Crippen LogP contribution is 2.33. The van der Waals surface area contributed by atoms with Gasteiger partial charge in [0.1, 0.15) is 0 Å². The van der Waals surface area contributed by atoms with E-state index in [0.717, 1.165) is 31.3 Å². The van der Waals surface area contributed by atoms with Gasteiger partial charge in [-0.2, -0.15) is 0 Å². The van der Waals surface area contributed by atoms with Crippen LogP contribution in [0.5, 0.6) is 0 Å². The van der Waals surface area contributed by atoms with Crippen LogP contribution in [0.1, 0.15) is 44.7 Å². The van der Waals surface area contributed by atoms with Crippen molar-refractivity contribution in [2.75, 3.05) is 6.54 Å². The lowest BCUT2D eigenvalue weighted by molar-refractivity contribution is 0.0319. The summed E-state index contributed by atoms with van der Waals surface area (Å²) in [5.41, 5.74) is 2.37. The van der Waals surface area contributed by atoms with Crippen LogP contribution in [0.3, 0.4) is 0 Å². The van der Waals surface area contributed by atoms with E-state index in [9.17, 15) is 0 Å². The molecule has 1 aliphatic rings. The van der Waals surface area contributed by atoms with Crippen molar-refractivity contribution >= 4 is 10.9 Å². The molecule has 3 nitrogen and oxygen atoms in total. The Morgan fingerprint density at radius 2 is 2.19 bits per heavy atom. The third kappa shape index (κ3) is 3.09. The third-order valence-electron chi connectivity index (χ3n) is 4.27. The van der Waals surface area contributed by atoms with Crippen LogP contribution in [0.15, 0.2) is 36.5 Å². The molecule has 1 aromatic heterocycles. The van der Waals surface area contributed by atoms with E-state index in [-0.39, 0.29) is 12.1 Å². The third-order valence-corrected chi connectivity index (χ3v) is 4.27. The van der Waals surface area contributed by atoms with Crippen molar-refractivity contribution in [2.24, 2.45) is 0 Å². The average molecular weight is 284 g/mol. The Hall–Kier alpha value is -1.45. The van der Waals surface area contributed by atoms with Crippen LogP contribution in [0, 0.1) is 0 Å². The quantitative estimate of drug-likeness (QED) is 0.905. The number of pyridine rings is 1. The zero-order valence-electron chi connectivity index (χ0n) is 12.9. The van der Waals surface area contributed by atoms with Crippen molar-refractivity contribution in [1.82, 2.24) is 10.3 Å². The Balaban J connectivity index is 1.97. The molecule has 1 aromatic carbocycles. The van der Waals surface area contributed by atoms with E-state index in [2.05, 4.69) is 48.4 Å². The van der Waals surface area contributed by atoms with Crippen molar-refractivity contribution in [1.29, 1.82) is 0 Å². The zero-order chi connectivity index (χ0) is 14.7. The summed E-state index contributed by atoms with van der Waals surface area (Å²) in [7, 11) is 0. The molecule has 3 heteroatoms. The molecule has 0 aliphatic carbocycles. The molecular formula is C18H24N2O. The predicted molar refractivity (Wildman–Crippen MR) is 86.3 cm³/mol. The highest BCUT2D eigenvalue weighted by molar-refractivity contribution is 5.82. The van der Waals surface area contributed by atoms with E-state index in [0.29, 0.717) is 6.10 Å². The van der Waals surface area contributed by atoms with Gasteiger partial charge in [-0.3, -0.25) is 4.98 Å². The minimum absolute atomic E-state index is 0.253. The number of aromatic nitrogens is 1. The number of hydrogen-bond acceptors (Lipinski definition) is 3. The monoisotopic (exact) mass is 284 g/mol. The maximum atomic E-state index is 6.14. The Bertz CT molecular complexity index is 593. The van der Waals surface area contributed by atoms with Crippen LogP contribution in [-0.2, 0) is 4.74 Å². The van der Waals surface area contributed by atoms with Crippen molar-refractivity contribution in [2.45, 2.75) is 51.4 Å². The Morgan fingerprint density at radius 1 is 1.29 bits per heavy atom. The minimum Gasteiger partial charge on any atom is -0.373 e. The maximum Gasteiger partial charge on any atom is 0.0774 e. The Labute approximate surface area is 126 Å². The Kier molecular flexibility index (Phi) is 4.51. The first kappa shape index (κ1) is 14.5. The molecule has 21 heavy (non-hydrogen) atoms. The number of rotatable bonds is 5. The van der Waals surface area contributed by atoms with Crippen LogP contribution < -0.4 is 5.32 Å². The fourth-order valence-corrected chi connectivity index (χ4v) is 3.22. The summed E-state index contributed by atoms with van der Waals surface area (Å²) in [4.78, 5) is 4.48. The van der Waals surface area contributed by atoms with Gasteiger partial charge in [0, 0.05) is 11.6 Å². The van der Waals surface area contributed by atoms with E-state index in [4.69, 9.17) is 4.74 Å². The molecule has 3 atom stereocenters. The van der Waals surface area contributed by atoms with Gasteiger partial charge >= 0.3 is 0 Å². The molecule has 0 spiro atoms. The standard InChI is InChI=1S/C18H24N2O/c1-3-11-20-18(17-10-9-13(2)21-17)15-6-4-8-16-14(15)7-5-12-19-16/h4-8,12-13,17-18,20H,3,9-11H2,1-2H3. The molecule has 0 radical (unpaired) electrons. The van der Waals surface area contributed by atoms with E-state index < -0.39 is 0 Å². The van der Waals surface area contributed by atoms with Crippen LogP contribution in [0.4, 0.5) is 0 Å². The topological polar surface area (TPSA) is 34.2 Å². The van der Waals surface area contributed by atoms with Crippen LogP contribution in [-0.4, -0.2) is 23.7 Å². The molecule has 2 aromatic rings. The summed E-state index contributed by atoms with van der Waals surface area (Å²) in [6.45, 7) is 5.38. The lowest BCUT2D eigenvalue weighted by Gasteiger charge is -2.26. The molecule has 0 saturated carbocycles. The molecule has 1 fully saturated rings. The second kappa shape index (κ2) is 6.54. The second-order valence-electron chi connectivity index (χ2n) is 5.91. The first-order valence-corrected chi connectivity index (χ1v) is 8.02. The smallest absolute Gasteiger partial charge is 0.0774 e. The zero-order valence-corrected chi connectivity index (χ0v) is 12.9. The molecule has 1 N–H and O–H groups in total. The fraction of sp³-hybridized carbons (Fsp3) is 0.500. The Morgan fingerprint density at radius 3 is 2.95 bits per heavy atom. The molecule has 3 rings (SSSR count). The van der Waals surface area contributed by atoms with E-state index >= 15 is 0 Å². The molecular weight excluding hydrogens is 260 g/mol. The minimum atomic E-state index is 0.253. The fourth-order valence-electron chi connectivity index (χ4n) is 3.22. The van der Waals surface area contributed by atoms with E-state index in [1.54, 1.807) is 0 Å². The largest absolute Gasteiger partial charge is 0.373 e. The SMILES string of the molecule is CCCNC(c1cccc2ncccc12)C1CCC(C)O1. The molecule has 2 heterocycles. The lowest BCUT2D eigenvalue weighted by Crippen LogP contribution is -2.32. The summed E-state index contributed by atoms with van der Waals surface area (Å²) >= 11 is 0.